The number of unbranched alkanes of at least 4 members (excludes halogenated alkanes) is 3. The van der Waals surface area contributed by atoms with Crippen LogP contribution in [0.25, 0.3) is 0 Å². The summed E-state index contributed by atoms with van der Waals surface area (Å²) in [6.07, 6.45) is 10.4. The molecule has 8 heteroatoms. The Kier molecular flexibility index (Phi) is 9.92. The lowest BCUT2D eigenvalue weighted by Crippen LogP contribution is -2.18. The molecule has 7 nitrogen and oxygen atoms in total. The molecule has 0 amide bonds. The van der Waals surface area contributed by atoms with Crippen molar-refractivity contribution in [3.8, 4) is 0 Å². The van der Waals surface area contributed by atoms with Gasteiger partial charge in [-0.3, -0.25) is 9.98 Å². The van der Waals surface area contributed by atoms with Gasteiger partial charge in [0.15, 0.2) is 11.7 Å². The summed E-state index contributed by atoms with van der Waals surface area (Å²) in [4.78, 5) is 16.8. The lowest BCUT2D eigenvalue weighted by molar-refractivity contribution is 0.187. The van der Waals surface area contributed by atoms with Gasteiger partial charge in [-0.2, -0.15) is 4.98 Å². The van der Waals surface area contributed by atoms with Crippen LogP contribution in [0.5, 0.6) is 0 Å². The van der Waals surface area contributed by atoms with Crippen LogP contribution in [0.4, 0.5) is 11.5 Å². The summed E-state index contributed by atoms with van der Waals surface area (Å²) in [5.74, 6) is 1.26. The van der Waals surface area contributed by atoms with Crippen LogP contribution in [0.1, 0.15) is 36.9 Å². The third-order valence-electron chi connectivity index (χ3n) is 4.23. The number of halogens is 1. The van der Waals surface area contributed by atoms with Gasteiger partial charge < -0.3 is 15.4 Å². The van der Waals surface area contributed by atoms with Crippen molar-refractivity contribution in [1.82, 2.24) is 20.3 Å². The van der Waals surface area contributed by atoms with E-state index in [1.165, 1.54) is 5.56 Å². The van der Waals surface area contributed by atoms with E-state index in [0.717, 1.165) is 50.0 Å². The van der Waals surface area contributed by atoms with Gasteiger partial charge in [0.05, 0.1) is 12.3 Å². The molecule has 0 radical (unpaired) electrons. The first-order chi connectivity index (χ1) is 14.1. The first kappa shape index (κ1) is 22.6. The van der Waals surface area contributed by atoms with Gasteiger partial charge >= 0.3 is 0 Å². The van der Waals surface area contributed by atoms with Crippen molar-refractivity contribution in [2.75, 3.05) is 25.5 Å². The van der Waals surface area contributed by atoms with Crippen LogP contribution in [-0.4, -0.2) is 41.4 Å². The van der Waals surface area contributed by atoms with Crippen molar-refractivity contribution in [3.05, 3.63) is 53.5 Å². The maximum atomic E-state index is 5.87. The third kappa shape index (κ3) is 8.48. The average molecular weight is 417 g/mol. The van der Waals surface area contributed by atoms with Crippen LogP contribution in [0.15, 0.2) is 42.0 Å². The smallest absolute Gasteiger partial charge is 0.224 e. The zero-order chi connectivity index (χ0) is 20.9. The van der Waals surface area contributed by atoms with E-state index in [-0.39, 0.29) is 5.28 Å². The van der Waals surface area contributed by atoms with Crippen molar-refractivity contribution in [3.63, 3.8) is 0 Å². The molecule has 2 N–H and O–H groups in total. The molecule has 0 aliphatic carbocycles. The number of aliphatic imine (C=N–C) groups is 1. The quantitative estimate of drug-likeness (QED) is 0.217. The maximum Gasteiger partial charge on any atom is 0.224 e. The van der Waals surface area contributed by atoms with Crippen LogP contribution < -0.4 is 10.6 Å². The van der Waals surface area contributed by atoms with E-state index in [9.17, 15) is 0 Å². The summed E-state index contributed by atoms with van der Waals surface area (Å²) in [6, 6.07) is 4.02. The minimum atomic E-state index is 0.222. The number of hydrogen-bond acceptors (Lipinski definition) is 7. The van der Waals surface area contributed by atoms with Crippen LogP contribution in [-0.2, 0) is 11.2 Å². The molecule has 0 aromatic carbocycles. The molecule has 2 heterocycles. The van der Waals surface area contributed by atoms with Gasteiger partial charge in [-0.15, -0.1) is 0 Å². The number of pyridine rings is 1. The second-order valence-corrected chi connectivity index (χ2v) is 6.83. The lowest BCUT2D eigenvalue weighted by Gasteiger charge is -2.11. The van der Waals surface area contributed by atoms with Gasteiger partial charge in [-0.05, 0) is 74.9 Å². The Morgan fingerprint density at radius 3 is 2.79 bits per heavy atom. The zero-order valence-corrected chi connectivity index (χ0v) is 17.9. The molecular formula is C21H29ClN6O. The Hall–Kier alpha value is -2.67. The van der Waals surface area contributed by atoms with Crippen molar-refractivity contribution < 1.29 is 4.74 Å². The van der Waals surface area contributed by atoms with E-state index in [1.54, 1.807) is 19.4 Å². The van der Waals surface area contributed by atoms with E-state index in [1.807, 2.05) is 25.3 Å². The van der Waals surface area contributed by atoms with E-state index < -0.39 is 0 Å². The van der Waals surface area contributed by atoms with E-state index in [2.05, 4.69) is 37.2 Å². The summed E-state index contributed by atoms with van der Waals surface area (Å²) >= 11 is 5.87. The molecule has 0 saturated carbocycles. The molecule has 0 unspecified atom stereocenters. The molecule has 29 heavy (non-hydrogen) atoms. The third-order valence-corrected chi connectivity index (χ3v) is 4.40. The fourth-order valence-electron chi connectivity index (χ4n) is 2.67. The number of hydrogen-bond donors (Lipinski definition) is 2. The highest BCUT2D eigenvalue weighted by Gasteiger charge is 2.07. The van der Waals surface area contributed by atoms with E-state index in [4.69, 9.17) is 16.3 Å². The maximum absolute atomic E-state index is 5.87. The van der Waals surface area contributed by atoms with Crippen molar-refractivity contribution >= 4 is 29.3 Å². The number of anilines is 1. The summed E-state index contributed by atoms with van der Waals surface area (Å²) < 4.78 is 5.62. The Balaban J connectivity index is 1.55. The molecular weight excluding hydrogens is 388 g/mol. The molecule has 0 atom stereocenters. The number of nitrogens with one attached hydrogen (secondary N) is 2. The van der Waals surface area contributed by atoms with E-state index >= 15 is 0 Å². The van der Waals surface area contributed by atoms with Crippen LogP contribution in [0, 0.1) is 6.92 Å². The molecule has 0 bridgehead atoms. The van der Waals surface area contributed by atoms with E-state index in [0.29, 0.717) is 18.3 Å². The highest BCUT2D eigenvalue weighted by molar-refractivity contribution is 6.28. The molecule has 2 aromatic heterocycles. The standard InChI is InChI=1S/C21H29ClN6O/c1-16-19(20(23-3)28-21(22)27-16)26-11-6-4-5-7-15-29-17(2)25-14-10-18-8-12-24-13-9-18/h8-9,11-13,25H,2,4-7,10,14-15H2,1,3H3,(H,23,27,28)/b26-11-. The number of aryl methyl sites for hydroxylation is 1. The number of nitrogens with zero attached hydrogens (tertiary/aromatic N) is 4. The lowest BCUT2D eigenvalue weighted by atomic mass is 10.2. The second kappa shape index (κ2) is 12.7. The van der Waals surface area contributed by atoms with Crippen molar-refractivity contribution in [2.24, 2.45) is 4.99 Å². The Morgan fingerprint density at radius 2 is 2.03 bits per heavy atom. The van der Waals surface area contributed by atoms with Gasteiger partial charge in [-0.25, -0.2) is 4.98 Å². The predicted molar refractivity (Wildman–Crippen MR) is 119 cm³/mol. The fraction of sp³-hybridized carbons (Fsp3) is 0.429. The van der Waals surface area contributed by atoms with Gasteiger partial charge in [0.25, 0.3) is 0 Å². The SMILES string of the molecule is C=C(NCCc1ccncc1)OCCCCC/C=N\c1c(C)nc(Cl)nc1NC. The minimum absolute atomic E-state index is 0.222. The largest absolute Gasteiger partial charge is 0.480 e. The van der Waals surface area contributed by atoms with Gasteiger partial charge in [0.2, 0.25) is 5.28 Å². The van der Waals surface area contributed by atoms with Crippen LogP contribution >= 0.6 is 11.6 Å². The molecule has 2 aromatic rings. The minimum Gasteiger partial charge on any atom is -0.480 e. The average Bonchev–Trinajstić information content (AvgIpc) is 2.71. The topological polar surface area (TPSA) is 84.3 Å². The molecule has 0 saturated heterocycles. The first-order valence-corrected chi connectivity index (χ1v) is 10.2. The number of aromatic nitrogens is 3. The van der Waals surface area contributed by atoms with Gasteiger partial charge in [-0.1, -0.05) is 0 Å². The van der Waals surface area contributed by atoms with Crippen LogP contribution in [0.3, 0.4) is 0 Å². The van der Waals surface area contributed by atoms with Crippen molar-refractivity contribution in [2.45, 2.75) is 39.0 Å². The summed E-state index contributed by atoms with van der Waals surface area (Å²) in [7, 11) is 1.79. The summed E-state index contributed by atoms with van der Waals surface area (Å²) in [5, 5.41) is 6.41. The predicted octanol–water partition coefficient (Wildman–Crippen LogP) is 4.46. The summed E-state index contributed by atoms with van der Waals surface area (Å²) in [6.45, 7) is 7.23. The first-order valence-electron chi connectivity index (χ1n) is 9.79. The summed E-state index contributed by atoms with van der Waals surface area (Å²) in [5.41, 5.74) is 2.73. The Labute approximate surface area is 177 Å². The normalized spacial score (nSPS) is 10.9. The molecule has 0 fully saturated rings. The Bertz CT molecular complexity index is 797. The fourth-order valence-corrected chi connectivity index (χ4v) is 2.89. The number of ether oxygens (including phenoxy) is 1. The van der Waals surface area contributed by atoms with Gasteiger partial charge in [0.1, 0.15) is 5.69 Å². The molecule has 0 aliphatic heterocycles. The molecule has 156 valence electrons. The molecule has 2 rings (SSSR count). The monoisotopic (exact) mass is 416 g/mol. The highest BCUT2D eigenvalue weighted by atomic mass is 35.5. The van der Waals surface area contributed by atoms with Gasteiger partial charge in [0, 0.05) is 32.2 Å². The number of rotatable bonds is 13. The highest BCUT2D eigenvalue weighted by Crippen LogP contribution is 2.26. The van der Waals surface area contributed by atoms with Crippen molar-refractivity contribution in [1.29, 1.82) is 0 Å². The zero-order valence-electron chi connectivity index (χ0n) is 17.1. The van der Waals surface area contributed by atoms with Crippen LogP contribution in [0.2, 0.25) is 5.28 Å². The second-order valence-electron chi connectivity index (χ2n) is 6.49. The Morgan fingerprint density at radius 1 is 1.24 bits per heavy atom. The molecule has 0 spiro atoms. The molecule has 0 aliphatic rings.